The van der Waals surface area contributed by atoms with E-state index in [0.29, 0.717) is 5.69 Å². The van der Waals surface area contributed by atoms with E-state index >= 15 is 0 Å². The molecule has 11 heteroatoms. The molecule has 1 amide bonds. The normalized spacial score (nSPS) is 10.8. The van der Waals surface area contributed by atoms with Crippen LogP contribution in [-0.2, 0) is 0 Å². The van der Waals surface area contributed by atoms with Crippen molar-refractivity contribution >= 4 is 50.5 Å². The van der Waals surface area contributed by atoms with Crippen LogP contribution in [0.4, 0.5) is 22.7 Å². The van der Waals surface area contributed by atoms with Gasteiger partial charge >= 0.3 is 0 Å². The Morgan fingerprint density at radius 3 is 2.36 bits per heavy atom. The standard InChI is InChI=1S/C22H13F4N3O2S2/c1-31-19-17(25)15(23)14(16(24)18(19)26)20(30)28-21(32)29-22-27-13(9-33-22)12-8-4-6-10-5-2-3-7-11(10)12/h2-9H,1H3,(H2,27,28,29,30,32). The van der Waals surface area contributed by atoms with E-state index in [-0.39, 0.29) is 10.2 Å². The van der Waals surface area contributed by atoms with E-state index in [1.807, 2.05) is 47.8 Å². The van der Waals surface area contributed by atoms with Gasteiger partial charge in [0.15, 0.2) is 27.6 Å². The van der Waals surface area contributed by atoms with Gasteiger partial charge in [0.25, 0.3) is 5.91 Å². The fraction of sp³-hybridized carbons (Fsp3) is 0.0455. The number of hydrogen-bond acceptors (Lipinski definition) is 5. The predicted octanol–water partition coefficient (Wildman–Crippen LogP) is 5.66. The van der Waals surface area contributed by atoms with Crippen molar-refractivity contribution in [2.24, 2.45) is 0 Å². The minimum atomic E-state index is -1.90. The fourth-order valence-corrected chi connectivity index (χ4v) is 4.16. The van der Waals surface area contributed by atoms with Crippen LogP contribution in [-0.4, -0.2) is 23.1 Å². The number of aromatic nitrogens is 1. The summed E-state index contributed by atoms with van der Waals surface area (Å²) in [5, 5.41) is 8.32. The maximum absolute atomic E-state index is 14.1. The van der Waals surface area contributed by atoms with E-state index in [1.165, 1.54) is 11.3 Å². The number of fused-ring (bicyclic) bond motifs is 1. The van der Waals surface area contributed by atoms with Gasteiger partial charge in [-0.25, -0.2) is 13.8 Å². The van der Waals surface area contributed by atoms with E-state index in [9.17, 15) is 22.4 Å². The number of anilines is 1. The Morgan fingerprint density at radius 2 is 1.67 bits per heavy atom. The zero-order valence-electron chi connectivity index (χ0n) is 16.7. The van der Waals surface area contributed by atoms with Gasteiger partial charge in [-0.3, -0.25) is 10.1 Å². The first-order valence-electron chi connectivity index (χ1n) is 9.27. The summed E-state index contributed by atoms with van der Waals surface area (Å²) in [6, 6.07) is 13.5. The average molecular weight is 491 g/mol. The molecule has 0 fully saturated rings. The van der Waals surface area contributed by atoms with Gasteiger partial charge in [0.1, 0.15) is 5.56 Å². The van der Waals surface area contributed by atoms with Crippen LogP contribution in [0.3, 0.4) is 0 Å². The molecule has 4 rings (SSSR count). The summed E-state index contributed by atoms with van der Waals surface area (Å²) in [6.07, 6.45) is 0. The Morgan fingerprint density at radius 1 is 1.00 bits per heavy atom. The molecule has 0 spiro atoms. The van der Waals surface area contributed by atoms with Gasteiger partial charge in [-0.05, 0) is 23.0 Å². The number of carbonyl (C=O) groups is 1. The van der Waals surface area contributed by atoms with Gasteiger partial charge in [0.05, 0.1) is 12.8 Å². The van der Waals surface area contributed by atoms with Crippen LogP contribution in [0.1, 0.15) is 10.4 Å². The van der Waals surface area contributed by atoms with Crippen molar-refractivity contribution < 1.29 is 27.1 Å². The third-order valence-corrected chi connectivity index (χ3v) is 5.63. The summed E-state index contributed by atoms with van der Waals surface area (Å²) in [5.41, 5.74) is 0.0519. The Hall–Kier alpha value is -3.57. The number of benzene rings is 3. The van der Waals surface area contributed by atoms with Crippen molar-refractivity contribution in [3.8, 4) is 17.0 Å². The van der Waals surface area contributed by atoms with Gasteiger partial charge in [-0.2, -0.15) is 8.78 Å². The highest BCUT2D eigenvalue weighted by Crippen LogP contribution is 2.31. The second-order valence-corrected chi connectivity index (χ2v) is 7.90. The Balaban J connectivity index is 1.53. The molecule has 168 valence electrons. The maximum Gasteiger partial charge on any atom is 0.263 e. The number of amides is 1. The van der Waals surface area contributed by atoms with Crippen molar-refractivity contribution in [3.63, 3.8) is 0 Å². The molecule has 0 unspecified atom stereocenters. The van der Waals surface area contributed by atoms with Crippen molar-refractivity contribution in [1.82, 2.24) is 10.3 Å². The van der Waals surface area contributed by atoms with Gasteiger partial charge in [0, 0.05) is 10.9 Å². The minimum absolute atomic E-state index is 0.288. The summed E-state index contributed by atoms with van der Waals surface area (Å²) in [7, 11) is 0.833. The first-order valence-corrected chi connectivity index (χ1v) is 10.6. The molecule has 1 aromatic heterocycles. The van der Waals surface area contributed by atoms with Crippen LogP contribution < -0.4 is 15.4 Å². The predicted molar refractivity (Wildman–Crippen MR) is 122 cm³/mol. The van der Waals surface area contributed by atoms with Crippen molar-refractivity contribution in [3.05, 3.63) is 76.7 Å². The summed E-state index contributed by atoms with van der Waals surface area (Å²) in [5.74, 6) is -10.2. The number of carbonyl (C=O) groups excluding carboxylic acids is 1. The molecular weight excluding hydrogens is 478 g/mol. The maximum atomic E-state index is 14.1. The molecule has 0 aliphatic heterocycles. The smallest absolute Gasteiger partial charge is 0.263 e. The molecule has 0 aliphatic rings. The highest BCUT2D eigenvalue weighted by atomic mass is 32.1. The van der Waals surface area contributed by atoms with Gasteiger partial charge in [-0.1, -0.05) is 42.5 Å². The molecule has 0 saturated heterocycles. The second kappa shape index (κ2) is 9.12. The number of nitrogens with zero attached hydrogens (tertiary/aromatic N) is 1. The molecule has 1 heterocycles. The van der Waals surface area contributed by atoms with Crippen LogP contribution in [0, 0.1) is 23.3 Å². The lowest BCUT2D eigenvalue weighted by atomic mass is 10.0. The zero-order valence-corrected chi connectivity index (χ0v) is 18.3. The van der Waals surface area contributed by atoms with E-state index < -0.39 is 40.5 Å². The number of rotatable bonds is 4. The third-order valence-electron chi connectivity index (χ3n) is 4.67. The monoisotopic (exact) mass is 491 g/mol. The van der Waals surface area contributed by atoms with Crippen LogP contribution in [0.5, 0.6) is 5.75 Å². The number of thiazole rings is 1. The van der Waals surface area contributed by atoms with Crippen molar-refractivity contribution in [2.45, 2.75) is 0 Å². The molecule has 0 bridgehead atoms. The molecule has 0 saturated carbocycles. The van der Waals surface area contributed by atoms with Gasteiger partial charge in [-0.15, -0.1) is 11.3 Å². The van der Waals surface area contributed by atoms with Crippen LogP contribution >= 0.6 is 23.6 Å². The summed E-state index contributed by atoms with van der Waals surface area (Å²) >= 11 is 6.16. The van der Waals surface area contributed by atoms with Crippen LogP contribution in [0.2, 0.25) is 0 Å². The second-order valence-electron chi connectivity index (χ2n) is 6.64. The number of halogens is 4. The number of ether oxygens (including phenoxy) is 1. The molecule has 0 aliphatic carbocycles. The minimum Gasteiger partial charge on any atom is -0.491 e. The van der Waals surface area contributed by atoms with Gasteiger partial charge < -0.3 is 10.1 Å². The topological polar surface area (TPSA) is 63.2 Å². The quantitative estimate of drug-likeness (QED) is 0.219. The van der Waals surface area contributed by atoms with Crippen molar-refractivity contribution in [2.75, 3.05) is 12.4 Å². The highest BCUT2D eigenvalue weighted by molar-refractivity contribution is 7.80. The van der Waals surface area contributed by atoms with Crippen LogP contribution in [0.25, 0.3) is 22.0 Å². The van der Waals surface area contributed by atoms with E-state index in [0.717, 1.165) is 23.4 Å². The fourth-order valence-electron chi connectivity index (χ4n) is 3.19. The lowest BCUT2D eigenvalue weighted by Crippen LogP contribution is -2.35. The number of nitrogens with one attached hydrogen (secondary N) is 2. The number of methoxy groups -OCH3 is 1. The summed E-state index contributed by atoms with van der Waals surface area (Å²) < 4.78 is 60.3. The van der Waals surface area contributed by atoms with Crippen LogP contribution in [0.15, 0.2) is 47.8 Å². The van der Waals surface area contributed by atoms with E-state index in [1.54, 1.807) is 5.38 Å². The molecule has 33 heavy (non-hydrogen) atoms. The number of thiocarbonyl (C=S) groups is 1. The lowest BCUT2D eigenvalue weighted by Gasteiger charge is -2.12. The van der Waals surface area contributed by atoms with E-state index in [4.69, 9.17) is 12.2 Å². The van der Waals surface area contributed by atoms with Gasteiger partial charge in [0.2, 0.25) is 11.6 Å². The van der Waals surface area contributed by atoms with Crippen molar-refractivity contribution in [1.29, 1.82) is 0 Å². The summed E-state index contributed by atoms with van der Waals surface area (Å²) in [6.45, 7) is 0. The lowest BCUT2D eigenvalue weighted by molar-refractivity contribution is 0.0966. The number of hydrogen-bond donors (Lipinski definition) is 2. The Labute approximate surface area is 194 Å². The largest absolute Gasteiger partial charge is 0.491 e. The molecule has 2 N–H and O–H groups in total. The Bertz CT molecular complexity index is 1370. The molecule has 4 aromatic rings. The first kappa shape index (κ1) is 22.6. The zero-order chi connectivity index (χ0) is 23.7. The Kier molecular flexibility index (Phi) is 6.25. The molecule has 0 radical (unpaired) electrons. The summed E-state index contributed by atoms with van der Waals surface area (Å²) in [4.78, 5) is 16.7. The molecule has 3 aromatic carbocycles. The average Bonchev–Trinajstić information content (AvgIpc) is 3.26. The SMILES string of the molecule is COc1c(F)c(F)c(C(=O)NC(=S)Nc2nc(-c3cccc4ccccc34)cs2)c(F)c1F. The molecular formula is C22H13F4N3O2S2. The highest BCUT2D eigenvalue weighted by Gasteiger charge is 2.30. The molecule has 5 nitrogen and oxygen atoms in total. The molecule has 0 atom stereocenters. The first-order chi connectivity index (χ1) is 15.8. The third kappa shape index (κ3) is 4.24. The van der Waals surface area contributed by atoms with E-state index in [2.05, 4.69) is 15.0 Å².